The fraction of sp³-hybridized carbons (Fsp3) is 0.304. The molecule has 0 bridgehead atoms. The highest BCUT2D eigenvalue weighted by Crippen LogP contribution is 2.41. The summed E-state index contributed by atoms with van der Waals surface area (Å²) in [4.78, 5) is 42.3. The van der Waals surface area contributed by atoms with Crippen LogP contribution in [0.15, 0.2) is 40.1 Å². The van der Waals surface area contributed by atoms with E-state index in [-0.39, 0.29) is 28.2 Å². The number of anilines is 1. The number of carbonyl (C=O) groups excluding carboxylic acids is 1. The Kier molecular flexibility index (Phi) is 4.86. The lowest BCUT2D eigenvalue weighted by atomic mass is 10.0. The number of aromatic nitrogens is 3. The minimum atomic E-state index is -0.711. The van der Waals surface area contributed by atoms with Crippen LogP contribution in [0, 0.1) is 5.82 Å². The van der Waals surface area contributed by atoms with Gasteiger partial charge in [-0.3, -0.25) is 19.3 Å². The largest absolute Gasteiger partial charge is 0.444 e. The maximum absolute atomic E-state index is 15.3. The Balaban J connectivity index is 1.71. The summed E-state index contributed by atoms with van der Waals surface area (Å²) < 4.78 is 25.2. The summed E-state index contributed by atoms with van der Waals surface area (Å²) in [5.74, 6) is -0.522. The molecule has 0 unspecified atom stereocenters. The zero-order valence-corrected chi connectivity index (χ0v) is 19.0. The fourth-order valence-electron chi connectivity index (χ4n) is 3.87. The van der Waals surface area contributed by atoms with Crippen molar-refractivity contribution in [3.05, 3.63) is 56.9 Å². The fourth-order valence-corrected chi connectivity index (χ4v) is 4.80. The van der Waals surface area contributed by atoms with Crippen molar-refractivity contribution in [3.63, 3.8) is 0 Å². The van der Waals surface area contributed by atoms with Crippen molar-refractivity contribution in [2.45, 2.75) is 45.3 Å². The molecule has 0 aliphatic heterocycles. The number of pyridine rings is 2. The molecule has 1 aromatic carbocycles. The summed E-state index contributed by atoms with van der Waals surface area (Å²) in [7, 11) is 0. The molecule has 0 spiro atoms. The first-order chi connectivity index (χ1) is 15.6. The summed E-state index contributed by atoms with van der Waals surface area (Å²) in [6.45, 7) is 5.21. The molecule has 4 aromatic rings. The predicted octanol–water partition coefficient (Wildman–Crippen LogP) is 4.79. The van der Waals surface area contributed by atoms with E-state index in [2.05, 4.69) is 14.7 Å². The molecule has 1 saturated carbocycles. The van der Waals surface area contributed by atoms with Crippen LogP contribution in [-0.2, 0) is 4.74 Å². The van der Waals surface area contributed by atoms with Crippen molar-refractivity contribution < 1.29 is 13.9 Å². The van der Waals surface area contributed by atoms with Crippen molar-refractivity contribution >= 4 is 44.6 Å². The third-order valence-corrected chi connectivity index (χ3v) is 6.23. The number of nitrogens with one attached hydrogen (secondary N) is 2. The van der Waals surface area contributed by atoms with Crippen molar-refractivity contribution in [1.82, 2.24) is 13.9 Å². The maximum Gasteiger partial charge on any atom is 0.413 e. The average molecular weight is 469 g/mol. The van der Waals surface area contributed by atoms with Gasteiger partial charge in [0.15, 0.2) is 0 Å². The van der Waals surface area contributed by atoms with Crippen LogP contribution in [0.2, 0.25) is 0 Å². The number of aromatic amines is 1. The average Bonchev–Trinajstić information content (AvgIpc) is 3.49. The number of benzene rings is 1. The molecule has 170 valence electrons. The first kappa shape index (κ1) is 21.3. The summed E-state index contributed by atoms with van der Waals surface area (Å²) >= 11 is 1.11. The molecule has 3 heterocycles. The minimum Gasteiger partial charge on any atom is -0.444 e. The van der Waals surface area contributed by atoms with E-state index in [9.17, 15) is 14.4 Å². The highest BCUT2D eigenvalue weighted by molar-refractivity contribution is 7.12. The molecule has 8 nitrogen and oxygen atoms in total. The van der Waals surface area contributed by atoms with Crippen LogP contribution in [0.4, 0.5) is 15.0 Å². The van der Waals surface area contributed by atoms with E-state index in [1.54, 1.807) is 39.0 Å². The lowest BCUT2D eigenvalue weighted by Crippen LogP contribution is -2.27. The molecule has 10 heteroatoms. The number of nitrogens with zero attached hydrogens (tertiary/aromatic N) is 2. The number of hydrogen-bond acceptors (Lipinski definition) is 6. The first-order valence-corrected chi connectivity index (χ1v) is 11.3. The number of hydrogen-bond donors (Lipinski definition) is 2. The minimum absolute atomic E-state index is 0.0557. The molecule has 1 aliphatic rings. The standard InChI is InChI=1S/C23H21FN4O4S/c1-23(2,3)32-22(31)26-19-12(5-4-8-25-19)13-10-16-14(9-15(13)24)18(29)17-20(30)27-33-21(17)28(16)11-6-7-11/h4-5,8-11H,6-7H2,1-3H3,(H,27,30)(H,25,26,31). The Morgan fingerprint density at radius 3 is 2.73 bits per heavy atom. The highest BCUT2D eigenvalue weighted by Gasteiger charge is 2.29. The van der Waals surface area contributed by atoms with Gasteiger partial charge in [-0.05, 0) is 69.4 Å². The molecule has 1 amide bonds. The molecule has 33 heavy (non-hydrogen) atoms. The van der Waals surface area contributed by atoms with Gasteiger partial charge in [0.25, 0.3) is 5.56 Å². The Morgan fingerprint density at radius 2 is 2.03 bits per heavy atom. The number of ether oxygens (including phenoxy) is 1. The number of halogens is 1. The van der Waals surface area contributed by atoms with Gasteiger partial charge in [-0.2, -0.15) is 0 Å². The van der Waals surface area contributed by atoms with E-state index in [0.29, 0.717) is 15.9 Å². The second kappa shape index (κ2) is 7.51. The van der Waals surface area contributed by atoms with Crippen LogP contribution in [0.3, 0.4) is 0 Å². The number of amides is 1. The smallest absolute Gasteiger partial charge is 0.413 e. The summed E-state index contributed by atoms with van der Waals surface area (Å²) in [5.41, 5.74) is -0.608. The monoisotopic (exact) mass is 468 g/mol. The molecular weight excluding hydrogens is 447 g/mol. The highest BCUT2D eigenvalue weighted by atomic mass is 32.1. The molecule has 1 aliphatic carbocycles. The lowest BCUT2D eigenvalue weighted by molar-refractivity contribution is 0.0635. The van der Waals surface area contributed by atoms with Gasteiger partial charge < -0.3 is 9.30 Å². The number of rotatable bonds is 3. The molecule has 0 saturated heterocycles. The van der Waals surface area contributed by atoms with E-state index >= 15 is 4.39 Å². The van der Waals surface area contributed by atoms with Gasteiger partial charge in [0, 0.05) is 28.8 Å². The predicted molar refractivity (Wildman–Crippen MR) is 126 cm³/mol. The maximum atomic E-state index is 15.3. The van der Waals surface area contributed by atoms with Gasteiger partial charge in [-0.1, -0.05) is 0 Å². The van der Waals surface area contributed by atoms with Gasteiger partial charge >= 0.3 is 6.09 Å². The lowest BCUT2D eigenvalue weighted by Gasteiger charge is -2.20. The quantitative estimate of drug-likeness (QED) is 0.450. The summed E-state index contributed by atoms with van der Waals surface area (Å²) in [6, 6.07) is 6.15. The molecule has 0 radical (unpaired) electrons. The third kappa shape index (κ3) is 3.80. The summed E-state index contributed by atoms with van der Waals surface area (Å²) in [5, 5.41) is 2.78. The van der Waals surface area contributed by atoms with Crippen molar-refractivity contribution in [2.24, 2.45) is 0 Å². The Bertz CT molecular complexity index is 1540. The molecular formula is C23H21FN4O4S. The van der Waals surface area contributed by atoms with Gasteiger partial charge in [-0.15, -0.1) is 0 Å². The number of carbonyl (C=O) groups is 1. The van der Waals surface area contributed by atoms with Gasteiger partial charge in [0.2, 0.25) is 5.43 Å². The van der Waals surface area contributed by atoms with Crippen LogP contribution in [-0.4, -0.2) is 25.6 Å². The third-order valence-electron chi connectivity index (χ3n) is 5.35. The first-order valence-electron chi connectivity index (χ1n) is 10.5. The molecule has 3 aromatic heterocycles. The van der Waals surface area contributed by atoms with Crippen molar-refractivity contribution in [1.29, 1.82) is 0 Å². The van der Waals surface area contributed by atoms with Crippen LogP contribution < -0.4 is 16.3 Å². The van der Waals surface area contributed by atoms with E-state index < -0.39 is 28.5 Å². The second-order valence-electron chi connectivity index (χ2n) is 9.02. The Morgan fingerprint density at radius 1 is 1.27 bits per heavy atom. The van der Waals surface area contributed by atoms with Gasteiger partial charge in [0.05, 0.1) is 5.52 Å². The van der Waals surface area contributed by atoms with Crippen LogP contribution in [0.1, 0.15) is 39.7 Å². The topological polar surface area (TPSA) is 106 Å². The molecule has 1 fully saturated rings. The van der Waals surface area contributed by atoms with Crippen LogP contribution >= 0.6 is 11.5 Å². The van der Waals surface area contributed by atoms with Crippen molar-refractivity contribution in [2.75, 3.05) is 5.32 Å². The Labute approximate surface area is 191 Å². The second-order valence-corrected chi connectivity index (χ2v) is 9.81. The normalized spacial score (nSPS) is 14.1. The zero-order valence-electron chi connectivity index (χ0n) is 18.2. The van der Waals surface area contributed by atoms with E-state index in [0.717, 1.165) is 30.4 Å². The zero-order chi connectivity index (χ0) is 23.5. The molecule has 2 N–H and O–H groups in total. The number of H-pyrrole nitrogens is 1. The SMILES string of the molecule is CC(C)(C)OC(=O)Nc1ncccc1-c1cc2c(cc1F)c(=O)c1c(=O)[nH]sc1n2C1CC1. The number of fused-ring (bicyclic) bond motifs is 2. The molecule has 5 rings (SSSR count). The van der Waals surface area contributed by atoms with Crippen LogP contribution in [0.5, 0.6) is 0 Å². The Hall–Kier alpha value is -3.53. The van der Waals surface area contributed by atoms with Crippen molar-refractivity contribution in [3.8, 4) is 11.1 Å². The van der Waals surface area contributed by atoms with E-state index in [1.807, 2.05) is 4.57 Å². The van der Waals surface area contributed by atoms with E-state index in [1.165, 1.54) is 6.20 Å². The molecule has 0 atom stereocenters. The van der Waals surface area contributed by atoms with Crippen LogP contribution in [0.25, 0.3) is 32.2 Å². The van der Waals surface area contributed by atoms with E-state index in [4.69, 9.17) is 4.74 Å². The summed E-state index contributed by atoms with van der Waals surface area (Å²) in [6.07, 6.45) is 2.59. The van der Waals surface area contributed by atoms with Gasteiger partial charge in [0.1, 0.15) is 27.5 Å². The van der Waals surface area contributed by atoms with Gasteiger partial charge in [-0.25, -0.2) is 14.2 Å².